The predicted octanol–water partition coefficient (Wildman–Crippen LogP) is 2.54. The lowest BCUT2D eigenvalue weighted by atomic mass is 10.0. The van der Waals surface area contributed by atoms with Gasteiger partial charge in [-0.05, 0) is 29.7 Å². The molecule has 3 N–H and O–H groups in total. The van der Waals surface area contributed by atoms with Crippen molar-refractivity contribution in [2.24, 2.45) is 5.92 Å². The van der Waals surface area contributed by atoms with Gasteiger partial charge < -0.3 is 16.0 Å². The van der Waals surface area contributed by atoms with Crippen LogP contribution in [0.1, 0.15) is 19.4 Å². The van der Waals surface area contributed by atoms with Gasteiger partial charge in [0.25, 0.3) is 0 Å². The van der Waals surface area contributed by atoms with Crippen molar-refractivity contribution < 1.29 is 9.59 Å². The number of benzene rings is 1. The van der Waals surface area contributed by atoms with E-state index in [1.165, 1.54) is 0 Å². The Morgan fingerprint density at radius 2 is 1.83 bits per heavy atom. The Balaban J connectivity index is 1.90. The van der Waals surface area contributed by atoms with Crippen LogP contribution in [-0.2, 0) is 11.3 Å². The van der Waals surface area contributed by atoms with Crippen LogP contribution in [-0.4, -0.2) is 23.0 Å². The van der Waals surface area contributed by atoms with Crippen molar-refractivity contribution in [2.45, 2.75) is 26.4 Å². The van der Waals surface area contributed by atoms with Crippen molar-refractivity contribution in [2.75, 3.05) is 5.32 Å². The molecule has 1 heterocycles. The fraction of sp³-hybridized carbons (Fsp3) is 0.278. The first-order valence-electron chi connectivity index (χ1n) is 7.85. The highest BCUT2D eigenvalue weighted by atomic mass is 16.2. The van der Waals surface area contributed by atoms with E-state index in [1.54, 1.807) is 24.5 Å². The molecule has 0 bridgehead atoms. The lowest BCUT2D eigenvalue weighted by Gasteiger charge is -2.22. The molecule has 1 aromatic carbocycles. The molecule has 0 unspecified atom stereocenters. The number of rotatable bonds is 6. The number of carbonyl (C=O) groups is 2. The van der Waals surface area contributed by atoms with Crippen LogP contribution < -0.4 is 16.0 Å². The zero-order valence-corrected chi connectivity index (χ0v) is 13.8. The van der Waals surface area contributed by atoms with E-state index >= 15 is 0 Å². The molecule has 0 aliphatic heterocycles. The van der Waals surface area contributed by atoms with Gasteiger partial charge >= 0.3 is 6.03 Å². The van der Waals surface area contributed by atoms with E-state index in [1.807, 2.05) is 44.2 Å². The Bertz CT molecular complexity index is 659. The summed E-state index contributed by atoms with van der Waals surface area (Å²) in [7, 11) is 0. The summed E-state index contributed by atoms with van der Waals surface area (Å²) in [6, 6.07) is 11.8. The van der Waals surface area contributed by atoms with E-state index in [0.717, 1.165) is 5.56 Å². The highest BCUT2D eigenvalue weighted by Crippen LogP contribution is 2.07. The van der Waals surface area contributed by atoms with Crippen LogP contribution in [0, 0.1) is 5.92 Å². The Labute approximate surface area is 141 Å². The summed E-state index contributed by atoms with van der Waals surface area (Å²) >= 11 is 0. The Kier molecular flexibility index (Phi) is 6.31. The number of pyridine rings is 1. The number of nitrogens with zero attached hydrogens (tertiary/aromatic N) is 1. The number of aromatic nitrogens is 1. The minimum atomic E-state index is -0.620. The highest BCUT2D eigenvalue weighted by Gasteiger charge is 2.23. The molecule has 6 nitrogen and oxygen atoms in total. The summed E-state index contributed by atoms with van der Waals surface area (Å²) in [4.78, 5) is 28.5. The number of urea groups is 1. The molecule has 0 fully saturated rings. The van der Waals surface area contributed by atoms with Crippen LogP contribution >= 0.6 is 0 Å². The molecule has 2 rings (SSSR count). The summed E-state index contributed by atoms with van der Waals surface area (Å²) in [5.74, 6) is -0.266. The fourth-order valence-corrected chi connectivity index (χ4v) is 2.17. The van der Waals surface area contributed by atoms with Crippen molar-refractivity contribution >= 4 is 17.6 Å². The molecule has 126 valence electrons. The van der Waals surface area contributed by atoms with Gasteiger partial charge in [0.05, 0.1) is 0 Å². The molecule has 0 spiro atoms. The second-order valence-corrected chi connectivity index (χ2v) is 5.77. The maximum Gasteiger partial charge on any atom is 0.319 e. The van der Waals surface area contributed by atoms with E-state index in [0.29, 0.717) is 12.2 Å². The van der Waals surface area contributed by atoms with Crippen LogP contribution in [0.15, 0.2) is 54.9 Å². The molecule has 0 saturated carbocycles. The van der Waals surface area contributed by atoms with E-state index in [2.05, 4.69) is 20.9 Å². The molecule has 3 amide bonds. The van der Waals surface area contributed by atoms with E-state index in [-0.39, 0.29) is 11.8 Å². The third kappa shape index (κ3) is 5.39. The molecule has 0 saturated heterocycles. The average molecular weight is 326 g/mol. The summed E-state index contributed by atoms with van der Waals surface area (Å²) in [5.41, 5.74) is 1.58. The molecule has 6 heteroatoms. The SMILES string of the molecule is CC(C)[C@H](NC(=O)Nc1ccccc1)C(=O)NCc1cccnc1. The molecule has 0 aliphatic rings. The number of amides is 3. The van der Waals surface area contributed by atoms with Gasteiger partial charge in [-0.1, -0.05) is 38.1 Å². The Hall–Kier alpha value is -2.89. The van der Waals surface area contributed by atoms with E-state index < -0.39 is 12.1 Å². The Morgan fingerprint density at radius 3 is 2.46 bits per heavy atom. The van der Waals surface area contributed by atoms with Crippen LogP contribution in [0.3, 0.4) is 0 Å². The maximum absolute atomic E-state index is 12.4. The molecule has 0 radical (unpaired) electrons. The van der Waals surface area contributed by atoms with Crippen molar-refractivity contribution in [1.82, 2.24) is 15.6 Å². The normalized spacial score (nSPS) is 11.6. The molecular formula is C18H22N4O2. The first-order chi connectivity index (χ1) is 11.6. The summed E-state index contributed by atoms with van der Waals surface area (Å²) in [5, 5.41) is 8.27. The minimum absolute atomic E-state index is 0.0413. The van der Waals surface area contributed by atoms with Gasteiger partial charge in [-0.25, -0.2) is 4.79 Å². The number of para-hydroxylation sites is 1. The van der Waals surface area contributed by atoms with Crippen molar-refractivity contribution in [1.29, 1.82) is 0 Å². The van der Waals surface area contributed by atoms with Crippen LogP contribution in [0.4, 0.5) is 10.5 Å². The molecule has 2 aromatic rings. The molecule has 1 atom stereocenters. The minimum Gasteiger partial charge on any atom is -0.350 e. The lowest BCUT2D eigenvalue weighted by molar-refractivity contribution is -0.124. The standard InChI is InChI=1S/C18H22N4O2/c1-13(2)16(17(23)20-12-14-7-6-10-19-11-14)22-18(24)21-15-8-4-3-5-9-15/h3-11,13,16H,12H2,1-2H3,(H,20,23)(H2,21,22,24)/t16-/m0/s1. The van der Waals surface area contributed by atoms with Gasteiger partial charge in [0.1, 0.15) is 6.04 Å². The molecular weight excluding hydrogens is 304 g/mol. The second-order valence-electron chi connectivity index (χ2n) is 5.77. The van der Waals surface area contributed by atoms with Crippen molar-refractivity contribution in [3.63, 3.8) is 0 Å². The summed E-state index contributed by atoms with van der Waals surface area (Å²) in [6.07, 6.45) is 3.37. The van der Waals surface area contributed by atoms with Crippen molar-refractivity contribution in [3.05, 3.63) is 60.4 Å². The predicted molar refractivity (Wildman–Crippen MR) is 93.3 cm³/mol. The van der Waals surface area contributed by atoms with Gasteiger partial charge in [-0.2, -0.15) is 0 Å². The van der Waals surface area contributed by atoms with E-state index in [9.17, 15) is 9.59 Å². The van der Waals surface area contributed by atoms with Crippen molar-refractivity contribution in [3.8, 4) is 0 Å². The Morgan fingerprint density at radius 1 is 1.08 bits per heavy atom. The number of hydrogen-bond acceptors (Lipinski definition) is 3. The first-order valence-corrected chi connectivity index (χ1v) is 7.85. The van der Waals surface area contributed by atoms with Crippen LogP contribution in [0.5, 0.6) is 0 Å². The average Bonchev–Trinajstić information content (AvgIpc) is 2.59. The zero-order valence-electron chi connectivity index (χ0n) is 13.8. The first kappa shape index (κ1) is 17.5. The monoisotopic (exact) mass is 326 g/mol. The summed E-state index contributed by atoms with van der Waals surface area (Å²) in [6.45, 7) is 4.14. The third-order valence-electron chi connectivity index (χ3n) is 3.46. The number of nitrogens with one attached hydrogen (secondary N) is 3. The molecule has 24 heavy (non-hydrogen) atoms. The van der Waals surface area contributed by atoms with Gasteiger partial charge in [-0.15, -0.1) is 0 Å². The molecule has 0 aliphatic carbocycles. The fourth-order valence-electron chi connectivity index (χ4n) is 2.17. The van der Waals surface area contributed by atoms with E-state index in [4.69, 9.17) is 0 Å². The lowest BCUT2D eigenvalue weighted by Crippen LogP contribution is -2.50. The maximum atomic E-state index is 12.4. The zero-order chi connectivity index (χ0) is 17.4. The topological polar surface area (TPSA) is 83.1 Å². The molecule has 1 aromatic heterocycles. The quantitative estimate of drug-likeness (QED) is 0.763. The van der Waals surface area contributed by atoms with Gasteiger partial charge in [-0.3, -0.25) is 9.78 Å². The van der Waals surface area contributed by atoms with Crippen LogP contribution in [0.25, 0.3) is 0 Å². The largest absolute Gasteiger partial charge is 0.350 e. The highest BCUT2D eigenvalue weighted by molar-refractivity contribution is 5.93. The van der Waals surface area contributed by atoms with Crippen LogP contribution in [0.2, 0.25) is 0 Å². The number of carbonyl (C=O) groups excluding carboxylic acids is 2. The number of hydrogen-bond donors (Lipinski definition) is 3. The second kappa shape index (κ2) is 8.67. The number of anilines is 1. The van der Waals surface area contributed by atoms with Gasteiger partial charge in [0, 0.05) is 24.6 Å². The smallest absolute Gasteiger partial charge is 0.319 e. The van der Waals surface area contributed by atoms with Gasteiger partial charge in [0.15, 0.2) is 0 Å². The third-order valence-corrected chi connectivity index (χ3v) is 3.46. The summed E-state index contributed by atoms with van der Waals surface area (Å²) < 4.78 is 0. The van der Waals surface area contributed by atoms with Gasteiger partial charge in [0.2, 0.25) is 5.91 Å².